The number of nitrogens with two attached hydrogens (primary N) is 1. The third-order valence-corrected chi connectivity index (χ3v) is 1.72. The summed E-state index contributed by atoms with van der Waals surface area (Å²) in [5.74, 6) is 0.117. The first-order valence-electron chi connectivity index (χ1n) is 4.36. The molecule has 0 heterocycles. The van der Waals surface area contributed by atoms with Gasteiger partial charge in [0.25, 0.3) is 0 Å². The molecule has 5 nitrogen and oxygen atoms in total. The molecule has 0 aromatic heterocycles. The zero-order chi connectivity index (χ0) is 11.1. The number of nitrogens with one attached hydrogen (secondary N) is 4. The minimum atomic E-state index is 0.0984. The van der Waals surface area contributed by atoms with Crippen LogP contribution in [0, 0.1) is 5.41 Å². The molecule has 6 N–H and O–H groups in total. The Morgan fingerprint density at radius 2 is 1.93 bits per heavy atom. The zero-order valence-electron chi connectivity index (χ0n) is 8.08. The molecule has 0 saturated heterocycles. The molecular weight excluding hydrogens is 210 g/mol. The first-order valence-corrected chi connectivity index (χ1v) is 4.77. The van der Waals surface area contributed by atoms with Gasteiger partial charge in [-0.05, 0) is 17.8 Å². The molecule has 0 radical (unpaired) electrons. The fourth-order valence-corrected chi connectivity index (χ4v) is 1.01. The number of hydrazine groups is 1. The molecular formula is C9H13N5S. The first-order chi connectivity index (χ1) is 7.18. The Morgan fingerprint density at radius 3 is 2.53 bits per heavy atom. The van der Waals surface area contributed by atoms with E-state index in [0.29, 0.717) is 6.54 Å². The maximum Gasteiger partial charge on any atom is 0.207 e. The van der Waals surface area contributed by atoms with Gasteiger partial charge in [0.2, 0.25) is 5.96 Å². The molecule has 0 aliphatic rings. The summed E-state index contributed by atoms with van der Waals surface area (Å²) < 4.78 is 0. The first kappa shape index (κ1) is 11.3. The second kappa shape index (κ2) is 5.82. The monoisotopic (exact) mass is 223 g/mol. The van der Waals surface area contributed by atoms with E-state index >= 15 is 0 Å². The van der Waals surface area contributed by atoms with Crippen molar-refractivity contribution < 1.29 is 0 Å². The van der Waals surface area contributed by atoms with E-state index in [2.05, 4.69) is 28.4 Å². The maximum absolute atomic E-state index is 7.43. The highest BCUT2D eigenvalue weighted by molar-refractivity contribution is 7.80. The molecule has 1 aromatic rings. The molecule has 0 aliphatic heterocycles. The smallest absolute Gasteiger partial charge is 0.207 e. The minimum absolute atomic E-state index is 0.0984. The van der Waals surface area contributed by atoms with E-state index in [1.165, 1.54) is 0 Å². The van der Waals surface area contributed by atoms with Crippen molar-refractivity contribution >= 4 is 23.3 Å². The normalized spacial score (nSPS) is 9.07. The van der Waals surface area contributed by atoms with Gasteiger partial charge in [-0.15, -0.1) is 0 Å². The molecule has 0 unspecified atom stereocenters. The highest BCUT2D eigenvalue weighted by Gasteiger charge is 1.95. The lowest BCUT2D eigenvalue weighted by Crippen LogP contribution is -2.48. The van der Waals surface area contributed by atoms with Crippen LogP contribution in [-0.2, 0) is 6.54 Å². The van der Waals surface area contributed by atoms with Crippen molar-refractivity contribution in [3.63, 3.8) is 0 Å². The Morgan fingerprint density at radius 1 is 1.27 bits per heavy atom. The van der Waals surface area contributed by atoms with Gasteiger partial charge in [-0.1, -0.05) is 30.3 Å². The van der Waals surface area contributed by atoms with E-state index in [1.807, 2.05) is 30.3 Å². The van der Waals surface area contributed by atoms with Crippen LogP contribution in [0.4, 0.5) is 0 Å². The van der Waals surface area contributed by atoms with Gasteiger partial charge >= 0.3 is 0 Å². The second-order valence-corrected chi connectivity index (χ2v) is 3.27. The molecule has 0 fully saturated rings. The van der Waals surface area contributed by atoms with Gasteiger partial charge in [-0.3, -0.25) is 16.3 Å². The third kappa shape index (κ3) is 4.82. The number of benzene rings is 1. The van der Waals surface area contributed by atoms with Gasteiger partial charge in [-0.2, -0.15) is 0 Å². The lowest BCUT2D eigenvalue weighted by Gasteiger charge is -2.10. The number of hydrogen-bond donors (Lipinski definition) is 5. The van der Waals surface area contributed by atoms with Crippen LogP contribution in [0.3, 0.4) is 0 Å². The summed E-state index contributed by atoms with van der Waals surface area (Å²) in [5.41, 5.74) is 11.2. The molecule has 0 atom stereocenters. The Kier molecular flexibility index (Phi) is 4.36. The van der Waals surface area contributed by atoms with E-state index in [-0.39, 0.29) is 11.1 Å². The Hall–Kier alpha value is -1.82. The Bertz CT molecular complexity index is 338. The van der Waals surface area contributed by atoms with Gasteiger partial charge in [0, 0.05) is 6.54 Å². The molecule has 1 rings (SSSR count). The minimum Gasteiger partial charge on any atom is -0.375 e. The van der Waals surface area contributed by atoms with Crippen LogP contribution in [0.1, 0.15) is 5.56 Å². The van der Waals surface area contributed by atoms with Crippen molar-refractivity contribution in [3.8, 4) is 0 Å². The Labute approximate surface area is 93.5 Å². The molecule has 6 heteroatoms. The van der Waals surface area contributed by atoms with Gasteiger partial charge in [-0.25, -0.2) is 0 Å². The van der Waals surface area contributed by atoms with Crippen LogP contribution in [0.5, 0.6) is 0 Å². The summed E-state index contributed by atoms with van der Waals surface area (Å²) >= 11 is 4.57. The van der Waals surface area contributed by atoms with E-state index < -0.39 is 0 Å². The predicted molar refractivity (Wildman–Crippen MR) is 64.1 cm³/mol. The quantitative estimate of drug-likeness (QED) is 0.212. The lowest BCUT2D eigenvalue weighted by atomic mass is 10.2. The van der Waals surface area contributed by atoms with E-state index in [0.717, 1.165) is 5.56 Å². The van der Waals surface area contributed by atoms with Crippen molar-refractivity contribution in [3.05, 3.63) is 35.9 Å². The average molecular weight is 223 g/mol. The summed E-state index contributed by atoms with van der Waals surface area (Å²) in [6, 6.07) is 9.78. The van der Waals surface area contributed by atoms with Crippen molar-refractivity contribution in [1.82, 2.24) is 16.2 Å². The number of guanidine groups is 1. The molecule has 1 aromatic carbocycles. The summed E-state index contributed by atoms with van der Waals surface area (Å²) in [6.07, 6.45) is 0. The molecule has 0 bridgehead atoms. The highest BCUT2D eigenvalue weighted by Crippen LogP contribution is 1.96. The fraction of sp³-hybridized carbons (Fsp3) is 0.111. The number of thiocarbonyl (C=S) groups is 1. The van der Waals surface area contributed by atoms with Gasteiger partial charge in [0.1, 0.15) is 0 Å². The van der Waals surface area contributed by atoms with Crippen LogP contribution in [-0.4, -0.2) is 11.1 Å². The molecule has 0 aliphatic carbocycles. The van der Waals surface area contributed by atoms with Crippen LogP contribution >= 0.6 is 12.2 Å². The van der Waals surface area contributed by atoms with Gasteiger partial charge < -0.3 is 11.1 Å². The van der Waals surface area contributed by atoms with Crippen molar-refractivity contribution in [2.75, 3.05) is 0 Å². The third-order valence-electron chi connectivity index (χ3n) is 1.62. The SMILES string of the molecule is N=C(NCc1ccccc1)NNC(N)=S. The summed E-state index contributed by atoms with van der Waals surface area (Å²) in [4.78, 5) is 0. The van der Waals surface area contributed by atoms with Crippen molar-refractivity contribution in [2.45, 2.75) is 6.54 Å². The largest absolute Gasteiger partial charge is 0.375 e. The number of rotatable bonds is 2. The fourth-order valence-electron chi connectivity index (χ4n) is 0.955. The van der Waals surface area contributed by atoms with Crippen molar-refractivity contribution in [2.24, 2.45) is 5.73 Å². The lowest BCUT2D eigenvalue weighted by molar-refractivity contribution is 0.778. The second-order valence-electron chi connectivity index (χ2n) is 2.83. The zero-order valence-corrected chi connectivity index (χ0v) is 8.90. The Balaban J connectivity index is 2.26. The van der Waals surface area contributed by atoms with E-state index in [4.69, 9.17) is 11.1 Å². The summed E-state index contributed by atoms with van der Waals surface area (Å²) in [6.45, 7) is 0.575. The van der Waals surface area contributed by atoms with Crippen LogP contribution in [0.25, 0.3) is 0 Å². The van der Waals surface area contributed by atoms with Gasteiger partial charge in [0.15, 0.2) is 5.11 Å². The van der Waals surface area contributed by atoms with Gasteiger partial charge in [0.05, 0.1) is 0 Å². The molecule has 80 valence electrons. The molecule has 0 spiro atoms. The summed E-state index contributed by atoms with van der Waals surface area (Å²) in [7, 11) is 0. The van der Waals surface area contributed by atoms with E-state index in [9.17, 15) is 0 Å². The molecule has 15 heavy (non-hydrogen) atoms. The van der Waals surface area contributed by atoms with Crippen LogP contribution in [0.2, 0.25) is 0 Å². The topological polar surface area (TPSA) is 86.0 Å². The van der Waals surface area contributed by atoms with Crippen molar-refractivity contribution in [1.29, 1.82) is 5.41 Å². The van der Waals surface area contributed by atoms with Crippen LogP contribution < -0.4 is 21.9 Å². The molecule has 0 amide bonds. The molecule has 0 saturated carbocycles. The van der Waals surface area contributed by atoms with E-state index in [1.54, 1.807) is 0 Å². The highest BCUT2D eigenvalue weighted by atomic mass is 32.1. The standard InChI is InChI=1S/C9H13N5S/c10-8(13-14-9(11)15)12-6-7-4-2-1-3-5-7/h1-5H,6H2,(H3,10,12,13)(H3,11,14,15). The maximum atomic E-state index is 7.43. The van der Waals surface area contributed by atoms with Crippen LogP contribution in [0.15, 0.2) is 30.3 Å². The predicted octanol–water partition coefficient (Wildman–Crippen LogP) is 0.0488. The number of hydrogen-bond acceptors (Lipinski definition) is 2. The summed E-state index contributed by atoms with van der Waals surface area (Å²) in [5, 5.41) is 10.4. The average Bonchev–Trinajstić information content (AvgIpc) is 2.25.